The topological polar surface area (TPSA) is 20.2 Å². The highest BCUT2D eigenvalue weighted by atomic mass is 79.9. The number of hydrogen-bond acceptors (Lipinski definition) is 2. The van der Waals surface area contributed by atoms with Gasteiger partial charge in [-0.05, 0) is 39.7 Å². The van der Waals surface area contributed by atoms with E-state index in [2.05, 4.69) is 15.9 Å². The molecule has 1 atom stereocenters. The summed E-state index contributed by atoms with van der Waals surface area (Å²) in [6.45, 7) is 0. The number of thiophene rings is 1. The molecule has 17 heavy (non-hydrogen) atoms. The lowest BCUT2D eigenvalue weighted by molar-refractivity contribution is 0.179. The fraction of sp³-hybridized carbons (Fsp3) is 0.167. The number of halogens is 3. The van der Waals surface area contributed by atoms with Crippen molar-refractivity contribution in [3.8, 4) is 0 Å². The van der Waals surface area contributed by atoms with E-state index in [0.717, 1.165) is 21.5 Å². The standard InChI is InChI=1S/C12H9BrF2OS/c13-8-4-9(17-6-8)5-12(16)7-1-2-10(14)11(15)3-7/h1-4,6,12,16H,5H2. The van der Waals surface area contributed by atoms with Crippen molar-refractivity contribution >= 4 is 27.3 Å². The van der Waals surface area contributed by atoms with E-state index in [1.165, 1.54) is 17.4 Å². The summed E-state index contributed by atoms with van der Waals surface area (Å²) in [5.41, 5.74) is 0.383. The first kappa shape index (κ1) is 12.7. The Kier molecular flexibility index (Phi) is 3.91. The predicted octanol–water partition coefficient (Wildman–Crippen LogP) is 4.06. The lowest BCUT2D eigenvalue weighted by Gasteiger charge is -2.09. The molecule has 0 fully saturated rings. The quantitative estimate of drug-likeness (QED) is 0.904. The van der Waals surface area contributed by atoms with Crippen LogP contribution in [0.2, 0.25) is 0 Å². The molecule has 2 rings (SSSR count). The van der Waals surface area contributed by atoms with Crippen molar-refractivity contribution in [2.24, 2.45) is 0 Å². The van der Waals surface area contributed by atoms with Crippen LogP contribution in [0.5, 0.6) is 0 Å². The van der Waals surface area contributed by atoms with E-state index in [9.17, 15) is 13.9 Å². The molecule has 0 aliphatic carbocycles. The van der Waals surface area contributed by atoms with Crippen LogP contribution >= 0.6 is 27.3 Å². The van der Waals surface area contributed by atoms with Crippen LogP contribution in [-0.4, -0.2) is 5.11 Å². The molecule has 0 aliphatic heterocycles. The zero-order valence-electron chi connectivity index (χ0n) is 8.66. The number of benzene rings is 1. The third-order valence-corrected chi connectivity index (χ3v) is 4.06. The van der Waals surface area contributed by atoms with Gasteiger partial charge in [0.05, 0.1) is 6.10 Å². The van der Waals surface area contributed by atoms with Gasteiger partial charge in [0.15, 0.2) is 11.6 Å². The Morgan fingerprint density at radius 2 is 2.00 bits per heavy atom. The molecule has 0 bridgehead atoms. The third-order valence-electron chi connectivity index (χ3n) is 2.34. The summed E-state index contributed by atoms with van der Waals surface area (Å²) in [6, 6.07) is 5.35. The van der Waals surface area contributed by atoms with Gasteiger partial charge in [0.1, 0.15) is 0 Å². The molecule has 5 heteroatoms. The Morgan fingerprint density at radius 3 is 2.59 bits per heavy atom. The summed E-state index contributed by atoms with van der Waals surface area (Å²) in [5.74, 6) is -1.84. The van der Waals surface area contributed by atoms with Crippen LogP contribution in [0, 0.1) is 11.6 Å². The minimum absolute atomic E-state index is 0.383. The predicted molar refractivity (Wildman–Crippen MR) is 67.0 cm³/mol. The van der Waals surface area contributed by atoms with Crippen molar-refractivity contribution in [1.82, 2.24) is 0 Å². The molecule has 0 amide bonds. The molecule has 90 valence electrons. The highest BCUT2D eigenvalue weighted by Crippen LogP contribution is 2.26. The van der Waals surface area contributed by atoms with Crippen LogP contribution < -0.4 is 0 Å². The van der Waals surface area contributed by atoms with Gasteiger partial charge < -0.3 is 5.11 Å². The van der Waals surface area contributed by atoms with Crippen molar-refractivity contribution in [1.29, 1.82) is 0 Å². The molecule has 0 saturated carbocycles. The van der Waals surface area contributed by atoms with Gasteiger partial charge in [0.2, 0.25) is 0 Å². The first-order valence-electron chi connectivity index (χ1n) is 4.92. The van der Waals surface area contributed by atoms with Gasteiger partial charge in [0.25, 0.3) is 0 Å². The molecule has 1 nitrogen and oxygen atoms in total. The Bertz CT molecular complexity index is 527. The Labute approximate surface area is 110 Å². The van der Waals surface area contributed by atoms with Crippen molar-refractivity contribution in [3.63, 3.8) is 0 Å². The maximum atomic E-state index is 13.0. The van der Waals surface area contributed by atoms with Gasteiger partial charge in [0, 0.05) is 21.2 Å². The first-order valence-corrected chi connectivity index (χ1v) is 6.59. The molecule has 0 radical (unpaired) electrons. The molecule has 0 aliphatic rings. The van der Waals surface area contributed by atoms with Crippen LogP contribution in [0.15, 0.2) is 34.1 Å². The van der Waals surface area contributed by atoms with E-state index >= 15 is 0 Å². The smallest absolute Gasteiger partial charge is 0.159 e. The van der Waals surface area contributed by atoms with Crippen LogP contribution in [0.1, 0.15) is 16.5 Å². The van der Waals surface area contributed by atoms with Gasteiger partial charge in [-0.15, -0.1) is 11.3 Å². The molecular weight excluding hydrogens is 310 g/mol. The van der Waals surface area contributed by atoms with Crippen molar-refractivity contribution in [3.05, 3.63) is 56.2 Å². The highest BCUT2D eigenvalue weighted by Gasteiger charge is 2.12. The molecule has 0 saturated heterocycles. The lowest BCUT2D eigenvalue weighted by Crippen LogP contribution is -2.01. The second-order valence-electron chi connectivity index (χ2n) is 3.62. The van der Waals surface area contributed by atoms with E-state index in [-0.39, 0.29) is 0 Å². The maximum Gasteiger partial charge on any atom is 0.159 e. The van der Waals surface area contributed by atoms with Crippen LogP contribution in [-0.2, 0) is 6.42 Å². The molecular formula is C12H9BrF2OS. The monoisotopic (exact) mass is 318 g/mol. The van der Waals surface area contributed by atoms with Crippen LogP contribution in [0.25, 0.3) is 0 Å². The van der Waals surface area contributed by atoms with Crippen molar-refractivity contribution < 1.29 is 13.9 Å². The number of hydrogen-bond donors (Lipinski definition) is 1. The Morgan fingerprint density at radius 1 is 1.24 bits per heavy atom. The molecule has 1 unspecified atom stereocenters. The van der Waals surface area contributed by atoms with Crippen LogP contribution in [0.3, 0.4) is 0 Å². The fourth-order valence-corrected chi connectivity index (χ4v) is 2.98. The molecule has 1 heterocycles. The van der Waals surface area contributed by atoms with E-state index in [1.54, 1.807) is 0 Å². The van der Waals surface area contributed by atoms with E-state index in [1.807, 2.05) is 11.4 Å². The van der Waals surface area contributed by atoms with E-state index < -0.39 is 17.7 Å². The van der Waals surface area contributed by atoms with Gasteiger partial charge in [-0.2, -0.15) is 0 Å². The Hall–Kier alpha value is -0.780. The van der Waals surface area contributed by atoms with Gasteiger partial charge in [-0.1, -0.05) is 6.07 Å². The van der Waals surface area contributed by atoms with Gasteiger partial charge >= 0.3 is 0 Å². The summed E-state index contributed by atoms with van der Waals surface area (Å²) in [6.07, 6.45) is -0.433. The SMILES string of the molecule is OC(Cc1cc(Br)cs1)c1ccc(F)c(F)c1. The third kappa shape index (κ3) is 3.12. The first-order chi connectivity index (χ1) is 8.06. The maximum absolute atomic E-state index is 13.0. The van der Waals surface area contributed by atoms with E-state index in [0.29, 0.717) is 12.0 Å². The largest absolute Gasteiger partial charge is 0.388 e. The van der Waals surface area contributed by atoms with Crippen LogP contribution in [0.4, 0.5) is 8.78 Å². The fourth-order valence-electron chi connectivity index (χ4n) is 1.49. The molecule has 0 spiro atoms. The normalized spacial score (nSPS) is 12.7. The number of aliphatic hydroxyl groups excluding tert-OH is 1. The van der Waals surface area contributed by atoms with Crippen molar-refractivity contribution in [2.75, 3.05) is 0 Å². The van der Waals surface area contributed by atoms with Gasteiger partial charge in [-0.3, -0.25) is 0 Å². The average molecular weight is 319 g/mol. The summed E-state index contributed by atoms with van der Waals surface area (Å²) in [5, 5.41) is 11.8. The molecule has 1 aromatic carbocycles. The summed E-state index contributed by atoms with van der Waals surface area (Å²) in [4.78, 5) is 0.981. The summed E-state index contributed by atoms with van der Waals surface area (Å²) < 4.78 is 26.7. The zero-order valence-corrected chi connectivity index (χ0v) is 11.1. The molecule has 1 N–H and O–H groups in total. The second kappa shape index (κ2) is 5.25. The number of rotatable bonds is 3. The van der Waals surface area contributed by atoms with Crippen molar-refractivity contribution in [2.45, 2.75) is 12.5 Å². The molecule has 2 aromatic rings. The average Bonchev–Trinajstić information content (AvgIpc) is 2.68. The lowest BCUT2D eigenvalue weighted by atomic mass is 10.1. The summed E-state index contributed by atoms with van der Waals surface area (Å²) in [7, 11) is 0. The minimum atomic E-state index is -0.936. The van der Waals surface area contributed by atoms with E-state index in [4.69, 9.17) is 0 Å². The number of aliphatic hydroxyl groups is 1. The second-order valence-corrected chi connectivity index (χ2v) is 5.54. The Balaban J connectivity index is 2.14. The summed E-state index contributed by atoms with van der Waals surface area (Å²) >= 11 is 4.82. The highest BCUT2D eigenvalue weighted by molar-refractivity contribution is 9.10. The molecule has 1 aromatic heterocycles. The minimum Gasteiger partial charge on any atom is -0.388 e. The zero-order chi connectivity index (χ0) is 12.4. The van der Waals surface area contributed by atoms with Gasteiger partial charge in [-0.25, -0.2) is 8.78 Å².